The number of imidazole rings is 1. The van der Waals surface area contributed by atoms with Gasteiger partial charge in [-0.1, -0.05) is 0 Å². The molecule has 0 spiro atoms. The number of hydrogen-bond donors (Lipinski definition) is 0. The largest absolute Gasteiger partial charge is 0.459 e. The van der Waals surface area contributed by atoms with Gasteiger partial charge < -0.3 is 9.22 Å². The molecule has 0 bridgehead atoms. The molecule has 2 aromatic rings. The summed E-state index contributed by atoms with van der Waals surface area (Å²) in [5.74, 6) is 0. The van der Waals surface area contributed by atoms with Gasteiger partial charge in [-0.2, -0.15) is 4.98 Å². The first kappa shape index (κ1) is 16.3. The van der Waals surface area contributed by atoms with E-state index in [-0.39, 0.29) is 5.56 Å². The lowest BCUT2D eigenvalue weighted by Crippen LogP contribution is -2.42. The zero-order chi connectivity index (χ0) is 16.7. The highest BCUT2D eigenvalue weighted by Gasteiger charge is 2.19. The van der Waals surface area contributed by atoms with Gasteiger partial charge in [0.25, 0.3) is 11.6 Å². The molecule has 2 rings (SSSR count). The van der Waals surface area contributed by atoms with Gasteiger partial charge in [-0.05, 0) is 6.92 Å². The van der Waals surface area contributed by atoms with Gasteiger partial charge in [0.15, 0.2) is 11.2 Å². The van der Waals surface area contributed by atoms with E-state index >= 15 is 0 Å². The maximum absolute atomic E-state index is 12.2. The predicted octanol–water partition coefficient (Wildman–Crippen LogP) is -0.554. The molecule has 0 saturated carbocycles. The van der Waals surface area contributed by atoms with Crippen molar-refractivity contribution in [1.82, 2.24) is 18.7 Å². The van der Waals surface area contributed by atoms with E-state index in [1.807, 2.05) is 0 Å². The second kappa shape index (κ2) is 5.60. The van der Waals surface area contributed by atoms with Crippen molar-refractivity contribution in [2.75, 3.05) is 33.8 Å². The molecule has 0 aromatic carbocycles. The first-order valence-corrected chi connectivity index (χ1v) is 7.27. The van der Waals surface area contributed by atoms with Gasteiger partial charge in [-0.3, -0.25) is 18.5 Å². The van der Waals surface area contributed by atoms with Crippen LogP contribution in [0.25, 0.3) is 11.2 Å². The van der Waals surface area contributed by atoms with E-state index in [4.69, 9.17) is 4.74 Å². The van der Waals surface area contributed by atoms with Crippen LogP contribution in [0.3, 0.4) is 0 Å². The van der Waals surface area contributed by atoms with Crippen molar-refractivity contribution < 1.29 is 9.22 Å². The molecule has 0 atom stereocenters. The SMILES string of the molecule is CC[N+](C)(C)CCOc1nc2c(c(=O)n(C)c(=O)n2C)n1C. The lowest BCUT2D eigenvalue weighted by atomic mass is 10.4. The average Bonchev–Trinajstić information content (AvgIpc) is 2.80. The third-order valence-electron chi connectivity index (χ3n) is 4.22. The molecule has 8 nitrogen and oxygen atoms in total. The van der Waals surface area contributed by atoms with Crippen LogP contribution in [0, 0.1) is 0 Å². The Balaban J connectivity index is 2.40. The predicted molar refractivity (Wildman–Crippen MR) is 84.2 cm³/mol. The summed E-state index contributed by atoms with van der Waals surface area (Å²) in [6.45, 7) is 4.44. The van der Waals surface area contributed by atoms with E-state index in [1.54, 1.807) is 18.7 Å². The van der Waals surface area contributed by atoms with Crippen molar-refractivity contribution in [1.29, 1.82) is 0 Å². The van der Waals surface area contributed by atoms with Gasteiger partial charge in [0.1, 0.15) is 13.2 Å². The number of ether oxygens (including phenoxy) is 1. The summed E-state index contributed by atoms with van der Waals surface area (Å²) in [5, 5.41) is 0. The molecule has 0 fully saturated rings. The normalized spacial score (nSPS) is 12.1. The zero-order valence-electron chi connectivity index (χ0n) is 14.1. The Kier molecular flexibility index (Phi) is 4.15. The molecule has 2 aromatic heterocycles. The second-order valence-electron chi connectivity index (χ2n) is 6.16. The van der Waals surface area contributed by atoms with Crippen LogP contribution in [0.15, 0.2) is 9.59 Å². The second-order valence-corrected chi connectivity index (χ2v) is 6.16. The Bertz CT molecular complexity index is 812. The Labute approximate surface area is 128 Å². The van der Waals surface area contributed by atoms with Crippen LogP contribution < -0.4 is 16.0 Å². The molecule has 8 heteroatoms. The van der Waals surface area contributed by atoms with E-state index < -0.39 is 5.69 Å². The van der Waals surface area contributed by atoms with E-state index in [2.05, 4.69) is 26.0 Å². The van der Waals surface area contributed by atoms with Gasteiger partial charge in [-0.25, -0.2) is 4.79 Å². The molecular formula is C14H24N5O3+. The number of hydrogen-bond acceptors (Lipinski definition) is 4. The summed E-state index contributed by atoms with van der Waals surface area (Å²) in [6.07, 6.45) is 0. The summed E-state index contributed by atoms with van der Waals surface area (Å²) in [4.78, 5) is 28.5. The van der Waals surface area contributed by atoms with Crippen LogP contribution in [0.2, 0.25) is 0 Å². The van der Waals surface area contributed by atoms with Gasteiger partial charge in [-0.15, -0.1) is 0 Å². The molecule has 0 aliphatic carbocycles. The quantitative estimate of drug-likeness (QED) is 0.695. The fraction of sp³-hybridized carbons (Fsp3) is 0.643. The summed E-state index contributed by atoms with van der Waals surface area (Å²) in [6, 6.07) is 0.351. The summed E-state index contributed by atoms with van der Waals surface area (Å²) < 4.78 is 10.6. The van der Waals surface area contributed by atoms with Crippen LogP contribution >= 0.6 is 0 Å². The van der Waals surface area contributed by atoms with Crippen LogP contribution in [0.4, 0.5) is 0 Å². The van der Waals surface area contributed by atoms with Crippen LogP contribution in [0.5, 0.6) is 6.01 Å². The molecule has 0 unspecified atom stereocenters. The minimum atomic E-state index is -0.397. The van der Waals surface area contributed by atoms with Gasteiger partial charge in [0.2, 0.25) is 0 Å². The minimum absolute atomic E-state index is 0.342. The van der Waals surface area contributed by atoms with Crippen molar-refractivity contribution in [3.63, 3.8) is 0 Å². The maximum atomic E-state index is 12.2. The van der Waals surface area contributed by atoms with Crippen molar-refractivity contribution in [3.05, 3.63) is 20.8 Å². The third kappa shape index (κ3) is 2.66. The standard InChI is InChI=1S/C14H24N5O3/c1-7-19(5,6)8-9-22-13-15-11-10(16(13)2)12(20)18(4)14(21)17(11)3/h7-9H2,1-6H3/q+1. The molecule has 0 amide bonds. The highest BCUT2D eigenvalue weighted by molar-refractivity contribution is 5.71. The van der Waals surface area contributed by atoms with Crippen LogP contribution in [-0.2, 0) is 21.1 Å². The first-order valence-electron chi connectivity index (χ1n) is 7.27. The topological polar surface area (TPSA) is 71.1 Å². The molecule has 0 radical (unpaired) electrons. The minimum Gasteiger partial charge on any atom is -0.459 e. The van der Waals surface area contributed by atoms with Crippen molar-refractivity contribution >= 4 is 11.2 Å². The Hall–Kier alpha value is -2.09. The average molecular weight is 310 g/mol. The van der Waals surface area contributed by atoms with E-state index in [1.165, 1.54) is 11.6 Å². The van der Waals surface area contributed by atoms with Crippen molar-refractivity contribution in [3.8, 4) is 6.01 Å². The molecule has 0 aliphatic rings. The van der Waals surface area contributed by atoms with Crippen LogP contribution in [-0.4, -0.2) is 57.0 Å². The van der Waals surface area contributed by atoms with Crippen molar-refractivity contribution in [2.45, 2.75) is 6.92 Å². The Morgan fingerprint density at radius 1 is 1.09 bits per heavy atom. The lowest BCUT2D eigenvalue weighted by molar-refractivity contribution is -0.888. The van der Waals surface area contributed by atoms with Crippen molar-refractivity contribution in [2.24, 2.45) is 21.1 Å². The number of fused-ring (bicyclic) bond motifs is 1. The van der Waals surface area contributed by atoms with E-state index in [0.29, 0.717) is 23.8 Å². The third-order valence-corrected chi connectivity index (χ3v) is 4.22. The molecule has 22 heavy (non-hydrogen) atoms. The molecule has 2 heterocycles. The fourth-order valence-electron chi connectivity index (χ4n) is 2.17. The van der Waals surface area contributed by atoms with Gasteiger partial charge in [0, 0.05) is 21.1 Å². The summed E-state index contributed by atoms with van der Waals surface area (Å²) in [7, 11) is 9.02. The van der Waals surface area contributed by atoms with E-state index in [0.717, 1.165) is 22.1 Å². The number of quaternary nitrogens is 1. The Morgan fingerprint density at radius 2 is 1.73 bits per heavy atom. The summed E-state index contributed by atoms with van der Waals surface area (Å²) in [5.41, 5.74) is -0.0581. The lowest BCUT2D eigenvalue weighted by Gasteiger charge is -2.27. The number of likely N-dealkylation sites (N-methyl/N-ethyl adjacent to an activating group) is 1. The summed E-state index contributed by atoms with van der Waals surface area (Å²) >= 11 is 0. The van der Waals surface area contributed by atoms with Crippen LogP contribution in [0.1, 0.15) is 6.92 Å². The van der Waals surface area contributed by atoms with Gasteiger partial charge >= 0.3 is 5.69 Å². The molecule has 0 saturated heterocycles. The zero-order valence-corrected chi connectivity index (χ0v) is 14.1. The smallest absolute Gasteiger partial charge is 0.332 e. The number of aryl methyl sites for hydroxylation is 2. The molecule has 122 valence electrons. The van der Waals surface area contributed by atoms with E-state index in [9.17, 15) is 9.59 Å². The number of rotatable bonds is 5. The number of nitrogens with zero attached hydrogens (tertiary/aromatic N) is 5. The molecular weight excluding hydrogens is 286 g/mol. The fourth-order valence-corrected chi connectivity index (χ4v) is 2.17. The monoisotopic (exact) mass is 310 g/mol. The first-order chi connectivity index (χ1) is 10.2. The maximum Gasteiger partial charge on any atom is 0.332 e. The van der Waals surface area contributed by atoms with Gasteiger partial charge in [0.05, 0.1) is 20.6 Å². The highest BCUT2D eigenvalue weighted by Crippen LogP contribution is 2.15. The molecule has 0 N–H and O–H groups in total. The highest BCUT2D eigenvalue weighted by atomic mass is 16.5. The molecule has 0 aliphatic heterocycles. The number of aromatic nitrogens is 4. The Morgan fingerprint density at radius 3 is 2.32 bits per heavy atom.